The Bertz CT molecular complexity index is 481. The number of amides is 1. The Balaban J connectivity index is 2.41. The van der Waals surface area contributed by atoms with Crippen molar-refractivity contribution in [3.8, 4) is 0 Å². The van der Waals surface area contributed by atoms with Gasteiger partial charge in [-0.25, -0.2) is 0 Å². The molecule has 1 aromatic carbocycles. The van der Waals surface area contributed by atoms with Gasteiger partial charge in [0.2, 0.25) is 5.91 Å². The highest BCUT2D eigenvalue weighted by Gasteiger charge is 2.35. The second-order valence-electron chi connectivity index (χ2n) is 4.90. The Morgan fingerprint density at radius 3 is 2.95 bits per heavy atom. The molecule has 104 valence electrons. The van der Waals surface area contributed by atoms with Gasteiger partial charge in [-0.3, -0.25) is 4.79 Å². The van der Waals surface area contributed by atoms with Crippen LogP contribution in [0.5, 0.6) is 0 Å². The van der Waals surface area contributed by atoms with Crippen molar-refractivity contribution in [3.63, 3.8) is 0 Å². The quantitative estimate of drug-likeness (QED) is 0.911. The maximum absolute atomic E-state index is 12.1. The first kappa shape index (κ1) is 14.8. The molecule has 2 rings (SSSR count). The number of hydrogen-bond donors (Lipinski definition) is 1. The molecule has 1 aliphatic rings. The smallest absolute Gasteiger partial charge is 0.223 e. The third kappa shape index (κ3) is 3.12. The van der Waals surface area contributed by atoms with E-state index in [2.05, 4.69) is 22.9 Å². The number of benzene rings is 1. The zero-order chi connectivity index (χ0) is 14.0. The first-order chi connectivity index (χ1) is 9.04. The van der Waals surface area contributed by atoms with Crippen LogP contribution in [-0.2, 0) is 4.79 Å². The summed E-state index contributed by atoms with van der Waals surface area (Å²) in [4.78, 5) is 14.0. The average molecular weight is 346 g/mol. The summed E-state index contributed by atoms with van der Waals surface area (Å²) in [6.45, 7) is 2.80. The van der Waals surface area contributed by atoms with Crippen molar-refractivity contribution < 1.29 is 4.79 Å². The first-order valence-electron chi connectivity index (χ1n) is 6.54. The van der Waals surface area contributed by atoms with E-state index in [9.17, 15) is 4.79 Å². The fourth-order valence-electron chi connectivity index (χ4n) is 2.62. The Hall–Kier alpha value is -0.580. The molecule has 0 aliphatic carbocycles. The van der Waals surface area contributed by atoms with E-state index in [1.54, 1.807) is 0 Å². The Labute approximate surface area is 127 Å². The van der Waals surface area contributed by atoms with Gasteiger partial charge in [-0.1, -0.05) is 34.5 Å². The van der Waals surface area contributed by atoms with Gasteiger partial charge in [-0.2, -0.15) is 0 Å². The van der Waals surface area contributed by atoms with Gasteiger partial charge in [-0.05, 0) is 36.6 Å². The normalized spacial score (nSPS) is 23.8. The van der Waals surface area contributed by atoms with E-state index in [0.29, 0.717) is 11.4 Å². The molecule has 1 fully saturated rings. The molecule has 1 aromatic rings. The Morgan fingerprint density at radius 1 is 1.53 bits per heavy atom. The number of likely N-dealkylation sites (tertiary alicyclic amines) is 1. The van der Waals surface area contributed by atoms with E-state index in [-0.39, 0.29) is 18.0 Å². The molecular formula is C14H18BrClN2O. The lowest BCUT2D eigenvalue weighted by Crippen LogP contribution is -2.49. The molecule has 0 bridgehead atoms. The first-order valence-corrected chi connectivity index (χ1v) is 7.71. The van der Waals surface area contributed by atoms with E-state index in [4.69, 9.17) is 17.3 Å². The molecule has 3 nitrogen and oxygen atoms in total. The molecule has 1 aliphatic heterocycles. The third-order valence-electron chi connectivity index (χ3n) is 3.49. The summed E-state index contributed by atoms with van der Waals surface area (Å²) in [6, 6.07) is 5.51. The molecule has 2 atom stereocenters. The lowest BCUT2D eigenvalue weighted by atomic mass is 9.90. The highest BCUT2D eigenvalue weighted by molar-refractivity contribution is 9.10. The number of rotatable bonds is 3. The van der Waals surface area contributed by atoms with Crippen LogP contribution in [0.1, 0.15) is 37.8 Å². The Morgan fingerprint density at radius 2 is 2.26 bits per heavy atom. The molecule has 2 unspecified atom stereocenters. The van der Waals surface area contributed by atoms with E-state index < -0.39 is 0 Å². The minimum atomic E-state index is -0.0886. The van der Waals surface area contributed by atoms with Crippen molar-refractivity contribution in [2.45, 2.75) is 38.3 Å². The average Bonchev–Trinajstić information content (AvgIpc) is 2.38. The molecular weight excluding hydrogens is 328 g/mol. The third-order valence-corrected chi connectivity index (χ3v) is 4.45. The summed E-state index contributed by atoms with van der Waals surface area (Å²) >= 11 is 9.62. The van der Waals surface area contributed by atoms with Gasteiger partial charge in [-0.15, -0.1) is 0 Å². The van der Waals surface area contributed by atoms with Crippen molar-refractivity contribution >= 4 is 33.4 Å². The van der Waals surface area contributed by atoms with Gasteiger partial charge < -0.3 is 10.6 Å². The maximum atomic E-state index is 12.1. The van der Waals surface area contributed by atoms with Crippen LogP contribution in [0.15, 0.2) is 22.7 Å². The predicted octanol–water partition coefficient (Wildman–Crippen LogP) is 3.50. The molecule has 5 heteroatoms. The molecule has 0 aromatic heterocycles. The standard InChI is InChI=1S/C14H18BrClN2O/c1-2-7-18-13(19)6-5-12(17)14(18)10-8-9(16)3-4-11(10)15/h3-4,8,12,14H,2,5-7,17H2,1H3. The molecule has 0 radical (unpaired) electrons. The van der Waals surface area contributed by atoms with Gasteiger partial charge in [0, 0.05) is 28.5 Å². The molecule has 0 saturated carbocycles. The molecule has 2 N–H and O–H groups in total. The summed E-state index contributed by atoms with van der Waals surface area (Å²) in [6.07, 6.45) is 2.19. The van der Waals surface area contributed by atoms with Crippen molar-refractivity contribution in [2.75, 3.05) is 6.54 Å². The van der Waals surface area contributed by atoms with E-state index in [0.717, 1.165) is 29.4 Å². The van der Waals surface area contributed by atoms with Crippen LogP contribution >= 0.6 is 27.5 Å². The van der Waals surface area contributed by atoms with Crippen molar-refractivity contribution in [2.24, 2.45) is 5.73 Å². The van der Waals surface area contributed by atoms with Crippen molar-refractivity contribution in [1.82, 2.24) is 4.90 Å². The van der Waals surface area contributed by atoms with Crippen LogP contribution in [-0.4, -0.2) is 23.4 Å². The maximum Gasteiger partial charge on any atom is 0.223 e. The molecule has 0 spiro atoms. The number of piperidine rings is 1. The summed E-state index contributed by atoms with van der Waals surface area (Å²) in [7, 11) is 0. The molecule has 1 amide bonds. The SMILES string of the molecule is CCCN1C(=O)CCC(N)C1c1cc(Cl)ccc1Br. The lowest BCUT2D eigenvalue weighted by molar-refractivity contribution is -0.137. The van der Waals surface area contributed by atoms with Crippen molar-refractivity contribution in [3.05, 3.63) is 33.3 Å². The summed E-state index contributed by atoms with van der Waals surface area (Å²) in [5, 5.41) is 0.667. The fraction of sp³-hybridized carbons (Fsp3) is 0.500. The van der Waals surface area contributed by atoms with E-state index in [1.165, 1.54) is 0 Å². The van der Waals surface area contributed by atoms with E-state index >= 15 is 0 Å². The van der Waals surface area contributed by atoms with Crippen molar-refractivity contribution in [1.29, 1.82) is 0 Å². The molecule has 1 saturated heterocycles. The molecule has 19 heavy (non-hydrogen) atoms. The van der Waals surface area contributed by atoms with Crippen LogP contribution in [0.3, 0.4) is 0 Å². The zero-order valence-corrected chi connectivity index (χ0v) is 13.2. The fourth-order valence-corrected chi connectivity index (χ4v) is 3.28. The van der Waals surface area contributed by atoms with Crippen LogP contribution < -0.4 is 5.73 Å². The minimum absolute atomic E-state index is 0.0426. The summed E-state index contributed by atoms with van der Waals surface area (Å²) in [5.74, 6) is 0.181. The number of hydrogen-bond acceptors (Lipinski definition) is 2. The highest BCUT2D eigenvalue weighted by atomic mass is 79.9. The molecule has 1 heterocycles. The van der Waals surface area contributed by atoms with Gasteiger partial charge in [0.05, 0.1) is 6.04 Å². The number of halogens is 2. The minimum Gasteiger partial charge on any atom is -0.334 e. The Kier molecular flexibility index (Phi) is 4.87. The van der Waals surface area contributed by atoms with Gasteiger partial charge >= 0.3 is 0 Å². The largest absolute Gasteiger partial charge is 0.334 e. The van der Waals surface area contributed by atoms with Gasteiger partial charge in [0.15, 0.2) is 0 Å². The highest BCUT2D eigenvalue weighted by Crippen LogP contribution is 2.36. The predicted molar refractivity (Wildman–Crippen MR) is 81.1 cm³/mol. The van der Waals surface area contributed by atoms with Crippen LogP contribution in [0.2, 0.25) is 5.02 Å². The van der Waals surface area contributed by atoms with Gasteiger partial charge in [0.1, 0.15) is 0 Å². The summed E-state index contributed by atoms with van der Waals surface area (Å²) < 4.78 is 0.952. The second-order valence-corrected chi connectivity index (χ2v) is 6.19. The van der Waals surface area contributed by atoms with Crippen LogP contribution in [0, 0.1) is 0 Å². The number of carbonyl (C=O) groups is 1. The summed E-state index contributed by atoms with van der Waals surface area (Å²) in [5.41, 5.74) is 7.26. The number of nitrogens with two attached hydrogens (primary N) is 1. The van der Waals surface area contributed by atoms with Crippen LogP contribution in [0.4, 0.5) is 0 Å². The van der Waals surface area contributed by atoms with E-state index in [1.807, 2.05) is 23.1 Å². The second kappa shape index (κ2) is 6.25. The number of carbonyl (C=O) groups excluding carboxylic acids is 1. The topological polar surface area (TPSA) is 46.3 Å². The number of nitrogens with zero attached hydrogens (tertiary/aromatic N) is 1. The monoisotopic (exact) mass is 344 g/mol. The van der Waals surface area contributed by atoms with Gasteiger partial charge in [0.25, 0.3) is 0 Å². The zero-order valence-electron chi connectivity index (χ0n) is 10.9. The van der Waals surface area contributed by atoms with Crippen LogP contribution in [0.25, 0.3) is 0 Å². The lowest BCUT2D eigenvalue weighted by Gasteiger charge is -2.40.